The normalized spacial score (nSPS) is 51.7. The first-order chi connectivity index (χ1) is 13.1. The molecule has 9 atom stereocenters. The lowest BCUT2D eigenvalue weighted by atomic mass is 9.43. The number of carboxylic acids is 1. The molecule has 4 saturated carbocycles. The summed E-state index contributed by atoms with van der Waals surface area (Å²) in [4.78, 5) is 11.1. The van der Waals surface area contributed by atoms with Crippen LogP contribution in [0.25, 0.3) is 0 Å². The second-order valence-corrected chi connectivity index (χ2v) is 11.4. The van der Waals surface area contributed by atoms with E-state index in [0.29, 0.717) is 35.5 Å². The van der Waals surface area contributed by atoms with E-state index in [9.17, 15) is 15.0 Å². The third kappa shape index (κ3) is 2.96. The Labute approximate surface area is 170 Å². The van der Waals surface area contributed by atoms with Gasteiger partial charge in [-0.2, -0.15) is 0 Å². The van der Waals surface area contributed by atoms with Gasteiger partial charge in [0, 0.05) is 12.8 Å². The fraction of sp³-hybridized carbons (Fsp3) is 0.958. The molecule has 4 nitrogen and oxygen atoms in total. The molecule has 4 heteroatoms. The van der Waals surface area contributed by atoms with Crippen LogP contribution in [0.5, 0.6) is 0 Å². The minimum absolute atomic E-state index is 0.0521. The Balaban J connectivity index is 1.54. The van der Waals surface area contributed by atoms with E-state index in [1.807, 2.05) is 0 Å². The maximum absolute atomic E-state index is 11.5. The average molecular weight is 393 g/mol. The van der Waals surface area contributed by atoms with Crippen molar-refractivity contribution in [1.29, 1.82) is 0 Å². The Bertz CT molecular complexity index is 620. The summed E-state index contributed by atoms with van der Waals surface area (Å²) in [6.45, 7) is 7.09. The molecule has 4 rings (SSSR count). The average Bonchev–Trinajstić information content (AvgIpc) is 2.98. The van der Waals surface area contributed by atoms with E-state index in [0.717, 1.165) is 38.0 Å². The highest BCUT2D eigenvalue weighted by atomic mass is 16.4. The van der Waals surface area contributed by atoms with E-state index < -0.39 is 11.6 Å². The molecule has 4 fully saturated rings. The summed E-state index contributed by atoms with van der Waals surface area (Å²) >= 11 is 0. The minimum Gasteiger partial charge on any atom is -0.481 e. The van der Waals surface area contributed by atoms with Crippen LogP contribution in [0.2, 0.25) is 0 Å². The summed E-state index contributed by atoms with van der Waals surface area (Å²) in [5, 5.41) is 30.8. The highest BCUT2D eigenvalue weighted by molar-refractivity contribution is 5.66. The van der Waals surface area contributed by atoms with E-state index in [2.05, 4.69) is 20.8 Å². The van der Waals surface area contributed by atoms with Gasteiger partial charge in [-0.1, -0.05) is 20.8 Å². The zero-order valence-electron chi connectivity index (χ0n) is 18.0. The lowest BCUT2D eigenvalue weighted by Gasteiger charge is -2.64. The number of aliphatic carboxylic acids is 1. The molecule has 0 radical (unpaired) electrons. The van der Waals surface area contributed by atoms with E-state index in [1.54, 1.807) is 0 Å². The van der Waals surface area contributed by atoms with Gasteiger partial charge < -0.3 is 15.3 Å². The molecule has 4 aliphatic rings. The van der Waals surface area contributed by atoms with Crippen LogP contribution in [0.3, 0.4) is 0 Å². The smallest absolute Gasteiger partial charge is 0.303 e. The molecular formula is C24H40O4. The van der Waals surface area contributed by atoms with Gasteiger partial charge in [-0.25, -0.2) is 0 Å². The first-order valence-corrected chi connectivity index (χ1v) is 11.7. The lowest BCUT2D eigenvalue weighted by Crippen LogP contribution is -2.62. The van der Waals surface area contributed by atoms with Gasteiger partial charge in [0.15, 0.2) is 0 Å². The van der Waals surface area contributed by atoms with Gasteiger partial charge in [0.25, 0.3) is 0 Å². The molecule has 0 unspecified atom stereocenters. The molecule has 28 heavy (non-hydrogen) atoms. The van der Waals surface area contributed by atoms with Crippen LogP contribution < -0.4 is 0 Å². The van der Waals surface area contributed by atoms with Crippen molar-refractivity contribution in [1.82, 2.24) is 0 Å². The van der Waals surface area contributed by atoms with Crippen molar-refractivity contribution >= 4 is 5.97 Å². The van der Waals surface area contributed by atoms with Crippen molar-refractivity contribution in [3.63, 3.8) is 0 Å². The maximum atomic E-state index is 11.5. The van der Waals surface area contributed by atoms with E-state index in [4.69, 9.17) is 5.11 Å². The molecule has 160 valence electrons. The molecule has 4 aliphatic carbocycles. The van der Waals surface area contributed by atoms with E-state index >= 15 is 0 Å². The predicted molar refractivity (Wildman–Crippen MR) is 109 cm³/mol. The van der Waals surface area contributed by atoms with Crippen LogP contribution in [0, 0.1) is 40.4 Å². The monoisotopic (exact) mass is 392 g/mol. The fourth-order valence-corrected chi connectivity index (χ4v) is 8.76. The van der Waals surface area contributed by atoms with Crippen LogP contribution >= 0.6 is 0 Å². The molecular weight excluding hydrogens is 352 g/mol. The number of carbonyl (C=O) groups is 1. The zero-order chi connectivity index (χ0) is 20.3. The van der Waals surface area contributed by atoms with Crippen molar-refractivity contribution < 1.29 is 20.1 Å². The van der Waals surface area contributed by atoms with Gasteiger partial charge in [-0.05, 0) is 98.2 Å². The summed E-state index contributed by atoms with van der Waals surface area (Å²) in [6.07, 6.45) is 9.95. The Kier molecular flexibility index (Phi) is 5.14. The van der Waals surface area contributed by atoms with Gasteiger partial charge in [0.1, 0.15) is 0 Å². The third-order valence-electron chi connectivity index (χ3n) is 10.4. The molecule has 3 N–H and O–H groups in total. The summed E-state index contributed by atoms with van der Waals surface area (Å²) in [5.74, 6) is 2.43. The molecule has 0 spiro atoms. The minimum atomic E-state index is -0.688. The predicted octanol–water partition coefficient (Wildman–Crippen LogP) is 4.62. The molecule has 0 bridgehead atoms. The molecule has 0 aliphatic heterocycles. The van der Waals surface area contributed by atoms with Gasteiger partial charge in [-0.15, -0.1) is 0 Å². The summed E-state index contributed by atoms with van der Waals surface area (Å²) in [6, 6.07) is 0. The number of aliphatic hydroxyl groups excluding tert-OH is 1. The Hall–Kier alpha value is -0.610. The fourth-order valence-electron chi connectivity index (χ4n) is 8.76. The first-order valence-electron chi connectivity index (χ1n) is 11.7. The van der Waals surface area contributed by atoms with Crippen LogP contribution in [0.1, 0.15) is 91.4 Å². The second-order valence-electron chi connectivity index (χ2n) is 11.4. The summed E-state index contributed by atoms with van der Waals surface area (Å²) in [5.41, 5.74) is -0.408. The number of carboxylic acid groups (broad SMARTS) is 1. The molecule has 0 amide bonds. The quantitative estimate of drug-likeness (QED) is 0.652. The molecule has 0 heterocycles. The van der Waals surface area contributed by atoms with Crippen LogP contribution in [-0.4, -0.2) is 33.0 Å². The maximum Gasteiger partial charge on any atom is 0.303 e. The van der Waals surface area contributed by atoms with Crippen molar-refractivity contribution in [2.45, 2.75) is 103 Å². The van der Waals surface area contributed by atoms with Crippen LogP contribution in [-0.2, 0) is 4.79 Å². The Morgan fingerprint density at radius 3 is 2.50 bits per heavy atom. The van der Waals surface area contributed by atoms with Crippen molar-refractivity contribution in [2.24, 2.45) is 40.4 Å². The number of fused-ring (bicyclic) bond motifs is 5. The van der Waals surface area contributed by atoms with Crippen molar-refractivity contribution in [3.8, 4) is 0 Å². The zero-order valence-corrected chi connectivity index (χ0v) is 18.0. The SMILES string of the molecule is C[C@H](CCC(=O)O)[C@H]1CC[C@H]2[C@@H]3CC[C@]4(O)C[C@H](O)CC[C@]4(C)[C@H]3CC[C@]12C. The molecule has 0 aromatic rings. The largest absolute Gasteiger partial charge is 0.481 e. The summed E-state index contributed by atoms with van der Waals surface area (Å²) < 4.78 is 0. The number of hydrogen-bond acceptors (Lipinski definition) is 3. The van der Waals surface area contributed by atoms with Gasteiger partial charge in [-0.3, -0.25) is 4.79 Å². The molecule has 0 aromatic heterocycles. The highest BCUT2D eigenvalue weighted by Gasteiger charge is 2.64. The van der Waals surface area contributed by atoms with Crippen LogP contribution in [0.15, 0.2) is 0 Å². The topological polar surface area (TPSA) is 77.8 Å². The summed E-state index contributed by atoms with van der Waals surface area (Å²) in [7, 11) is 0. The van der Waals surface area contributed by atoms with E-state index in [1.165, 1.54) is 25.7 Å². The highest BCUT2D eigenvalue weighted by Crippen LogP contribution is 2.69. The molecule has 0 aromatic carbocycles. The Morgan fingerprint density at radius 2 is 1.79 bits per heavy atom. The first kappa shape index (κ1) is 20.7. The van der Waals surface area contributed by atoms with Crippen molar-refractivity contribution in [2.75, 3.05) is 0 Å². The second kappa shape index (κ2) is 6.97. The van der Waals surface area contributed by atoms with Crippen LogP contribution in [0.4, 0.5) is 0 Å². The molecule has 0 saturated heterocycles. The van der Waals surface area contributed by atoms with Crippen molar-refractivity contribution in [3.05, 3.63) is 0 Å². The standard InChI is InChI=1S/C24H40O4/c1-15(4-7-21(26)27)18-5-6-19-17-9-13-24(28)14-16(25)8-12-23(24,3)20(17)10-11-22(18,19)2/h15-20,25,28H,4-14H2,1-3H3,(H,26,27)/t15-,16-,17+,18-,19+,20+,22-,23-,24+/m1/s1. The Morgan fingerprint density at radius 1 is 1.04 bits per heavy atom. The number of aliphatic hydroxyl groups is 2. The van der Waals surface area contributed by atoms with E-state index in [-0.39, 0.29) is 17.9 Å². The number of hydrogen-bond donors (Lipinski definition) is 3. The number of rotatable bonds is 4. The third-order valence-corrected chi connectivity index (χ3v) is 10.4. The van der Waals surface area contributed by atoms with Gasteiger partial charge >= 0.3 is 5.97 Å². The van der Waals surface area contributed by atoms with Gasteiger partial charge in [0.05, 0.1) is 11.7 Å². The lowest BCUT2D eigenvalue weighted by molar-refractivity contribution is -0.220. The van der Waals surface area contributed by atoms with Gasteiger partial charge in [0.2, 0.25) is 0 Å².